The molecule has 2 aromatic heterocycles. The summed E-state index contributed by atoms with van der Waals surface area (Å²) < 4.78 is 4.64. The molecule has 0 fully saturated rings. The van der Waals surface area contributed by atoms with E-state index < -0.39 is 0 Å². The molecule has 2 atom stereocenters. The third kappa shape index (κ3) is 2.75. The molecular formula is C32H26N2O2. The predicted molar refractivity (Wildman–Crippen MR) is 144 cm³/mol. The standard InChI is InChI=1S/C32H26N2O2/c1-33-25-15-5-3-13-23(25)29-28(20-10-8-12-22(36)18-20)32-30(24-14-4-6-16-26(24)34(32)2)27(31(29)33)19-9-7-11-21(35)17-19/h3-18,27-28,35-36H,1-2H3. The number of hydrogen-bond acceptors (Lipinski definition) is 2. The van der Waals surface area contributed by atoms with Crippen molar-refractivity contribution >= 4 is 21.8 Å². The monoisotopic (exact) mass is 470 g/mol. The van der Waals surface area contributed by atoms with Gasteiger partial charge in [0.1, 0.15) is 11.5 Å². The maximum Gasteiger partial charge on any atom is 0.115 e. The van der Waals surface area contributed by atoms with E-state index in [0.717, 1.165) is 11.1 Å². The van der Waals surface area contributed by atoms with Crippen LogP contribution in [0, 0.1) is 0 Å². The van der Waals surface area contributed by atoms with E-state index in [0.29, 0.717) is 0 Å². The Balaban J connectivity index is 1.70. The Morgan fingerprint density at radius 2 is 0.944 bits per heavy atom. The summed E-state index contributed by atoms with van der Waals surface area (Å²) in [6.45, 7) is 0. The number of rotatable bonds is 2. The van der Waals surface area contributed by atoms with Gasteiger partial charge in [0.05, 0.1) is 11.8 Å². The van der Waals surface area contributed by atoms with Gasteiger partial charge in [0.2, 0.25) is 0 Å². The van der Waals surface area contributed by atoms with E-state index in [9.17, 15) is 10.2 Å². The molecule has 0 spiro atoms. The molecule has 6 aromatic rings. The number of phenols is 2. The van der Waals surface area contributed by atoms with Crippen molar-refractivity contribution in [2.24, 2.45) is 14.1 Å². The molecule has 0 saturated carbocycles. The van der Waals surface area contributed by atoms with Crippen LogP contribution in [0.25, 0.3) is 21.8 Å². The molecule has 36 heavy (non-hydrogen) atoms. The number of nitrogens with zero attached hydrogens (tertiary/aromatic N) is 2. The Morgan fingerprint density at radius 3 is 1.36 bits per heavy atom. The van der Waals surface area contributed by atoms with Crippen LogP contribution in [0.1, 0.15) is 45.5 Å². The first-order valence-electron chi connectivity index (χ1n) is 12.3. The lowest BCUT2D eigenvalue weighted by Crippen LogP contribution is -2.22. The number of aryl methyl sites for hydroxylation is 2. The number of aromatic hydroxyl groups is 2. The smallest absolute Gasteiger partial charge is 0.115 e. The number of fused-ring (bicyclic) bond motifs is 6. The molecular weight excluding hydrogens is 444 g/mol. The summed E-state index contributed by atoms with van der Waals surface area (Å²) in [4.78, 5) is 0. The second kappa shape index (κ2) is 7.53. The van der Waals surface area contributed by atoms with Crippen molar-refractivity contribution in [1.82, 2.24) is 9.13 Å². The average molecular weight is 471 g/mol. The van der Waals surface area contributed by atoms with E-state index in [1.807, 2.05) is 24.3 Å². The minimum Gasteiger partial charge on any atom is -0.508 e. The third-order valence-electron chi connectivity index (χ3n) is 7.92. The Kier molecular flexibility index (Phi) is 4.37. The highest BCUT2D eigenvalue weighted by atomic mass is 16.3. The Hall–Kier alpha value is -4.44. The fourth-order valence-electron chi connectivity index (χ4n) is 6.52. The number of aromatic nitrogens is 2. The summed E-state index contributed by atoms with van der Waals surface area (Å²) in [5.41, 5.74) is 9.43. The Labute approximate surface area is 209 Å². The molecule has 0 aliphatic heterocycles. The minimum atomic E-state index is -0.0563. The molecule has 176 valence electrons. The van der Waals surface area contributed by atoms with Gasteiger partial charge >= 0.3 is 0 Å². The molecule has 2 N–H and O–H groups in total. The van der Waals surface area contributed by atoms with Crippen LogP contribution in [0.3, 0.4) is 0 Å². The normalized spacial score (nSPS) is 16.8. The lowest BCUT2D eigenvalue weighted by Gasteiger charge is -2.33. The second-order valence-electron chi connectivity index (χ2n) is 9.81. The van der Waals surface area contributed by atoms with Crippen LogP contribution in [-0.2, 0) is 14.1 Å². The lowest BCUT2D eigenvalue weighted by atomic mass is 9.72. The van der Waals surface area contributed by atoms with E-state index in [2.05, 4.69) is 83.9 Å². The molecule has 2 unspecified atom stereocenters. The van der Waals surface area contributed by atoms with Crippen LogP contribution >= 0.6 is 0 Å². The zero-order valence-electron chi connectivity index (χ0n) is 20.2. The van der Waals surface area contributed by atoms with Crippen molar-refractivity contribution in [3.8, 4) is 11.5 Å². The zero-order chi connectivity index (χ0) is 24.6. The molecule has 7 rings (SSSR count). The number of hydrogen-bond donors (Lipinski definition) is 2. The van der Waals surface area contributed by atoms with Gasteiger partial charge in [-0.2, -0.15) is 0 Å². The van der Waals surface area contributed by atoms with Gasteiger partial charge in [-0.15, -0.1) is 0 Å². The molecule has 0 radical (unpaired) electrons. The van der Waals surface area contributed by atoms with Gasteiger partial charge in [-0.3, -0.25) is 0 Å². The molecule has 0 amide bonds. The highest BCUT2D eigenvalue weighted by Crippen LogP contribution is 2.54. The fraction of sp³-hybridized carbons (Fsp3) is 0.125. The lowest BCUT2D eigenvalue weighted by molar-refractivity contribution is 0.473. The van der Waals surface area contributed by atoms with Crippen molar-refractivity contribution < 1.29 is 10.2 Å². The average Bonchev–Trinajstić information content (AvgIpc) is 3.35. The van der Waals surface area contributed by atoms with Crippen molar-refractivity contribution in [2.75, 3.05) is 0 Å². The molecule has 4 aromatic carbocycles. The van der Waals surface area contributed by atoms with Crippen LogP contribution in [0.4, 0.5) is 0 Å². The third-order valence-corrected chi connectivity index (χ3v) is 7.92. The van der Waals surface area contributed by atoms with Crippen molar-refractivity contribution in [2.45, 2.75) is 11.8 Å². The van der Waals surface area contributed by atoms with Crippen molar-refractivity contribution in [1.29, 1.82) is 0 Å². The molecule has 0 bridgehead atoms. The van der Waals surface area contributed by atoms with Crippen LogP contribution in [0.2, 0.25) is 0 Å². The highest BCUT2D eigenvalue weighted by Gasteiger charge is 2.41. The number of benzene rings is 4. The molecule has 1 aliphatic rings. The van der Waals surface area contributed by atoms with Crippen LogP contribution in [0.15, 0.2) is 97.1 Å². The van der Waals surface area contributed by atoms with Crippen molar-refractivity contribution in [3.05, 3.63) is 131 Å². The molecule has 4 heteroatoms. The Morgan fingerprint density at radius 1 is 0.528 bits per heavy atom. The quantitative estimate of drug-likeness (QED) is 0.293. The number of phenolic OH excluding ortho intramolecular Hbond substituents is 2. The van der Waals surface area contributed by atoms with E-state index in [1.54, 1.807) is 12.1 Å². The molecule has 0 saturated heterocycles. The maximum absolute atomic E-state index is 10.5. The van der Waals surface area contributed by atoms with Gasteiger partial charge < -0.3 is 19.3 Å². The van der Waals surface area contributed by atoms with Gasteiger partial charge in [0.15, 0.2) is 0 Å². The zero-order valence-corrected chi connectivity index (χ0v) is 20.2. The van der Waals surface area contributed by atoms with Gasteiger partial charge in [-0.25, -0.2) is 0 Å². The van der Waals surface area contributed by atoms with Gasteiger partial charge in [-0.05, 0) is 58.7 Å². The van der Waals surface area contributed by atoms with Crippen molar-refractivity contribution in [3.63, 3.8) is 0 Å². The summed E-state index contributed by atoms with van der Waals surface area (Å²) in [7, 11) is 4.29. The molecule has 4 nitrogen and oxygen atoms in total. The van der Waals surface area contributed by atoms with Gasteiger partial charge in [-0.1, -0.05) is 60.7 Å². The van der Waals surface area contributed by atoms with Crippen LogP contribution < -0.4 is 0 Å². The van der Waals surface area contributed by atoms with Gasteiger partial charge in [0.25, 0.3) is 0 Å². The summed E-state index contributed by atoms with van der Waals surface area (Å²) in [6, 6.07) is 32.5. The first-order chi connectivity index (χ1) is 17.5. The van der Waals surface area contributed by atoms with E-state index >= 15 is 0 Å². The first-order valence-corrected chi connectivity index (χ1v) is 12.3. The van der Waals surface area contributed by atoms with E-state index in [4.69, 9.17) is 0 Å². The SMILES string of the molecule is Cn1c2c(c3ccccc31)C(c1cccc(O)c1)c1c(c3ccccc3n1C)C2c1cccc(O)c1. The number of para-hydroxylation sites is 2. The topological polar surface area (TPSA) is 50.3 Å². The maximum atomic E-state index is 10.5. The molecule has 2 heterocycles. The fourth-order valence-corrected chi connectivity index (χ4v) is 6.52. The summed E-state index contributed by atoms with van der Waals surface area (Å²) >= 11 is 0. The second-order valence-corrected chi connectivity index (χ2v) is 9.81. The summed E-state index contributed by atoms with van der Waals surface area (Å²) in [5.74, 6) is 0.424. The largest absolute Gasteiger partial charge is 0.508 e. The van der Waals surface area contributed by atoms with Crippen LogP contribution in [0.5, 0.6) is 11.5 Å². The first kappa shape index (κ1) is 20.9. The Bertz CT molecular complexity index is 1670. The van der Waals surface area contributed by atoms with Gasteiger partial charge in [0, 0.05) is 47.3 Å². The minimum absolute atomic E-state index is 0.0563. The van der Waals surface area contributed by atoms with Crippen LogP contribution in [-0.4, -0.2) is 19.3 Å². The van der Waals surface area contributed by atoms with E-state index in [-0.39, 0.29) is 23.3 Å². The van der Waals surface area contributed by atoms with E-state index in [1.165, 1.54) is 44.3 Å². The highest BCUT2D eigenvalue weighted by molar-refractivity contribution is 5.94. The summed E-state index contributed by atoms with van der Waals surface area (Å²) in [5, 5.41) is 23.4. The summed E-state index contributed by atoms with van der Waals surface area (Å²) in [6.07, 6.45) is 0. The molecule has 1 aliphatic carbocycles. The predicted octanol–water partition coefficient (Wildman–Crippen LogP) is 6.76.